The third-order valence-electron chi connectivity index (χ3n) is 3.99. The number of anilines is 1. The van der Waals surface area contributed by atoms with Gasteiger partial charge in [-0.3, -0.25) is 4.79 Å². The highest BCUT2D eigenvalue weighted by Crippen LogP contribution is 2.26. The van der Waals surface area contributed by atoms with Gasteiger partial charge in [-0.05, 0) is 38.3 Å². The van der Waals surface area contributed by atoms with Gasteiger partial charge in [0.25, 0.3) is 0 Å². The van der Waals surface area contributed by atoms with E-state index in [1.165, 1.54) is 0 Å². The molecule has 0 radical (unpaired) electrons. The van der Waals surface area contributed by atoms with Crippen molar-refractivity contribution in [2.45, 2.75) is 51.6 Å². The van der Waals surface area contributed by atoms with Crippen LogP contribution in [0.25, 0.3) is 0 Å². The molecule has 2 atom stereocenters. The van der Waals surface area contributed by atoms with Gasteiger partial charge in [0.05, 0.1) is 13.0 Å². The number of amides is 1. The van der Waals surface area contributed by atoms with E-state index in [1.807, 2.05) is 23.1 Å². The Kier molecular flexibility index (Phi) is 4.88. The molecule has 2 N–H and O–H groups in total. The number of rotatable bonds is 5. The Labute approximate surface area is 120 Å². The predicted octanol–water partition coefficient (Wildman–Crippen LogP) is 2.83. The monoisotopic (exact) mass is 276 g/mol. The molecular weight excluding hydrogens is 252 g/mol. The molecular formula is C16H24N2O2. The molecule has 2 unspecified atom stereocenters. The molecule has 1 aromatic rings. The summed E-state index contributed by atoms with van der Waals surface area (Å²) in [6, 6.07) is 8.06. The lowest BCUT2D eigenvalue weighted by Crippen LogP contribution is -2.40. The molecule has 4 nitrogen and oxygen atoms in total. The zero-order valence-corrected chi connectivity index (χ0v) is 12.3. The van der Waals surface area contributed by atoms with Gasteiger partial charge in [0, 0.05) is 23.8 Å². The Morgan fingerprint density at radius 1 is 1.45 bits per heavy atom. The standard InChI is InChI=1S/C16H24N2O2/c1-3-14-8-7-12(2)18(14)16(19)9-10-20-15-6-4-5-13(17)11-15/h4-6,11-12,14H,3,7-10,17H2,1-2H3. The number of nitrogens with two attached hydrogens (primary N) is 1. The van der Waals surface area contributed by atoms with Crippen LogP contribution in [0.3, 0.4) is 0 Å². The zero-order valence-electron chi connectivity index (χ0n) is 12.3. The topological polar surface area (TPSA) is 55.6 Å². The third kappa shape index (κ3) is 3.44. The predicted molar refractivity (Wildman–Crippen MR) is 80.6 cm³/mol. The maximum Gasteiger partial charge on any atom is 0.226 e. The molecule has 1 fully saturated rings. The molecule has 0 bridgehead atoms. The van der Waals surface area contributed by atoms with Crippen LogP contribution in [-0.2, 0) is 4.79 Å². The number of nitrogens with zero attached hydrogens (tertiary/aromatic N) is 1. The quantitative estimate of drug-likeness (QED) is 0.841. The molecule has 1 aliphatic rings. The van der Waals surface area contributed by atoms with E-state index < -0.39 is 0 Å². The van der Waals surface area contributed by atoms with Gasteiger partial charge in [0.2, 0.25) is 5.91 Å². The van der Waals surface area contributed by atoms with Crippen molar-refractivity contribution in [1.29, 1.82) is 0 Å². The van der Waals surface area contributed by atoms with E-state index in [9.17, 15) is 4.79 Å². The van der Waals surface area contributed by atoms with E-state index in [0.29, 0.717) is 30.8 Å². The summed E-state index contributed by atoms with van der Waals surface area (Å²) in [4.78, 5) is 14.3. The molecule has 110 valence electrons. The second-order valence-electron chi connectivity index (χ2n) is 5.46. The highest BCUT2D eigenvalue weighted by atomic mass is 16.5. The van der Waals surface area contributed by atoms with Gasteiger partial charge in [-0.2, -0.15) is 0 Å². The van der Waals surface area contributed by atoms with Crippen LogP contribution in [-0.4, -0.2) is 29.5 Å². The van der Waals surface area contributed by atoms with E-state index >= 15 is 0 Å². The highest BCUT2D eigenvalue weighted by Gasteiger charge is 2.32. The summed E-state index contributed by atoms with van der Waals surface area (Å²) in [6.45, 7) is 4.68. The fourth-order valence-corrected chi connectivity index (χ4v) is 2.91. The van der Waals surface area contributed by atoms with Crippen LogP contribution in [0.4, 0.5) is 5.69 Å². The van der Waals surface area contributed by atoms with E-state index in [-0.39, 0.29) is 5.91 Å². The number of hydrogen-bond donors (Lipinski definition) is 1. The number of benzene rings is 1. The molecule has 1 amide bonds. The average molecular weight is 276 g/mol. The van der Waals surface area contributed by atoms with Crippen molar-refractivity contribution in [3.63, 3.8) is 0 Å². The van der Waals surface area contributed by atoms with Crippen LogP contribution in [0.1, 0.15) is 39.5 Å². The van der Waals surface area contributed by atoms with Crippen molar-refractivity contribution >= 4 is 11.6 Å². The second-order valence-corrected chi connectivity index (χ2v) is 5.46. The molecule has 20 heavy (non-hydrogen) atoms. The van der Waals surface area contributed by atoms with E-state index in [0.717, 1.165) is 25.0 Å². The van der Waals surface area contributed by atoms with E-state index in [4.69, 9.17) is 10.5 Å². The Bertz CT molecular complexity index is 462. The van der Waals surface area contributed by atoms with Crippen LogP contribution in [0.2, 0.25) is 0 Å². The molecule has 0 aromatic heterocycles. The van der Waals surface area contributed by atoms with Crippen molar-refractivity contribution in [2.24, 2.45) is 0 Å². The lowest BCUT2D eigenvalue weighted by Gasteiger charge is -2.28. The normalized spacial score (nSPS) is 22.0. The minimum Gasteiger partial charge on any atom is -0.493 e. The van der Waals surface area contributed by atoms with Gasteiger partial charge in [-0.15, -0.1) is 0 Å². The van der Waals surface area contributed by atoms with Gasteiger partial charge in [0.1, 0.15) is 5.75 Å². The fraction of sp³-hybridized carbons (Fsp3) is 0.562. The number of carbonyl (C=O) groups excluding carboxylic acids is 1. The fourth-order valence-electron chi connectivity index (χ4n) is 2.91. The Morgan fingerprint density at radius 3 is 2.95 bits per heavy atom. The van der Waals surface area contributed by atoms with Gasteiger partial charge >= 0.3 is 0 Å². The first-order chi connectivity index (χ1) is 9.61. The van der Waals surface area contributed by atoms with Gasteiger partial charge in [-0.1, -0.05) is 13.0 Å². The Hall–Kier alpha value is -1.71. The molecule has 1 saturated heterocycles. The van der Waals surface area contributed by atoms with Gasteiger partial charge in [-0.25, -0.2) is 0 Å². The Balaban J connectivity index is 1.83. The molecule has 0 aliphatic carbocycles. The molecule has 4 heteroatoms. The van der Waals surface area contributed by atoms with E-state index in [1.54, 1.807) is 6.07 Å². The summed E-state index contributed by atoms with van der Waals surface area (Å²) >= 11 is 0. The van der Waals surface area contributed by atoms with Gasteiger partial charge in [0.15, 0.2) is 0 Å². The minimum atomic E-state index is 0.200. The van der Waals surface area contributed by atoms with Crippen molar-refractivity contribution in [1.82, 2.24) is 4.90 Å². The lowest BCUT2D eigenvalue weighted by atomic mass is 10.1. The smallest absolute Gasteiger partial charge is 0.226 e. The minimum absolute atomic E-state index is 0.200. The number of carbonyl (C=O) groups is 1. The highest BCUT2D eigenvalue weighted by molar-refractivity contribution is 5.77. The number of likely N-dealkylation sites (tertiary alicyclic amines) is 1. The van der Waals surface area contributed by atoms with Crippen molar-refractivity contribution in [2.75, 3.05) is 12.3 Å². The van der Waals surface area contributed by atoms with Crippen LogP contribution < -0.4 is 10.5 Å². The second kappa shape index (κ2) is 6.64. The Morgan fingerprint density at radius 2 is 2.25 bits per heavy atom. The average Bonchev–Trinajstić information content (AvgIpc) is 2.80. The molecule has 1 aromatic carbocycles. The zero-order chi connectivity index (χ0) is 14.5. The summed E-state index contributed by atoms with van der Waals surface area (Å²) in [6.07, 6.45) is 3.70. The molecule has 0 saturated carbocycles. The summed E-state index contributed by atoms with van der Waals surface area (Å²) < 4.78 is 5.59. The maximum atomic E-state index is 12.3. The van der Waals surface area contributed by atoms with Crippen LogP contribution in [0.5, 0.6) is 5.75 Å². The molecule has 2 rings (SSSR count). The maximum absolute atomic E-state index is 12.3. The molecule has 1 aliphatic heterocycles. The van der Waals surface area contributed by atoms with Crippen LogP contribution >= 0.6 is 0 Å². The first-order valence-corrected chi connectivity index (χ1v) is 7.41. The van der Waals surface area contributed by atoms with Crippen molar-refractivity contribution in [3.8, 4) is 5.75 Å². The summed E-state index contributed by atoms with van der Waals surface area (Å²) in [5.74, 6) is 0.921. The molecule has 0 spiro atoms. The largest absolute Gasteiger partial charge is 0.493 e. The number of nitrogen functional groups attached to an aromatic ring is 1. The van der Waals surface area contributed by atoms with Crippen molar-refractivity contribution in [3.05, 3.63) is 24.3 Å². The summed E-state index contributed by atoms with van der Waals surface area (Å²) in [5, 5.41) is 0. The van der Waals surface area contributed by atoms with Crippen LogP contribution in [0.15, 0.2) is 24.3 Å². The number of hydrogen-bond acceptors (Lipinski definition) is 3. The SMILES string of the molecule is CCC1CCC(C)N1C(=O)CCOc1cccc(N)c1. The lowest BCUT2D eigenvalue weighted by molar-refractivity contribution is -0.134. The summed E-state index contributed by atoms with van der Waals surface area (Å²) in [5.41, 5.74) is 6.36. The van der Waals surface area contributed by atoms with Crippen LogP contribution in [0, 0.1) is 0 Å². The summed E-state index contributed by atoms with van der Waals surface area (Å²) in [7, 11) is 0. The van der Waals surface area contributed by atoms with Crippen molar-refractivity contribution < 1.29 is 9.53 Å². The van der Waals surface area contributed by atoms with Gasteiger partial charge < -0.3 is 15.4 Å². The first-order valence-electron chi connectivity index (χ1n) is 7.41. The first kappa shape index (κ1) is 14.7. The molecule has 1 heterocycles. The number of ether oxygens (including phenoxy) is 1. The van der Waals surface area contributed by atoms with E-state index in [2.05, 4.69) is 13.8 Å². The third-order valence-corrected chi connectivity index (χ3v) is 3.99.